The summed E-state index contributed by atoms with van der Waals surface area (Å²) in [6.45, 7) is 0.766. The Morgan fingerprint density at radius 1 is 1.00 bits per heavy atom. The summed E-state index contributed by atoms with van der Waals surface area (Å²) in [4.78, 5) is 14.4. The number of hydrogen-bond donors (Lipinski definition) is 0. The third-order valence-corrected chi connectivity index (χ3v) is 4.23. The normalized spacial score (nSPS) is 10.4. The molecule has 28 heavy (non-hydrogen) atoms. The second-order valence-electron chi connectivity index (χ2n) is 6.08. The summed E-state index contributed by atoms with van der Waals surface area (Å²) in [6.07, 6.45) is 1.70. The lowest BCUT2D eigenvalue weighted by atomic mass is 10.3. The van der Waals surface area contributed by atoms with Gasteiger partial charge in [0.25, 0.3) is 5.91 Å². The summed E-state index contributed by atoms with van der Waals surface area (Å²) in [5.74, 6) is 1.68. The Labute approximate surface area is 164 Å². The minimum Gasteiger partial charge on any atom is -0.497 e. The van der Waals surface area contributed by atoms with E-state index in [2.05, 4.69) is 5.10 Å². The van der Waals surface area contributed by atoms with Crippen LogP contribution in [0.15, 0.2) is 60.8 Å². The third kappa shape index (κ3) is 4.43. The molecule has 0 aliphatic rings. The predicted octanol–water partition coefficient (Wildman–Crippen LogP) is 3.04. The first kappa shape index (κ1) is 19.3. The summed E-state index contributed by atoms with van der Waals surface area (Å²) in [5.41, 5.74) is 1.11. The van der Waals surface area contributed by atoms with Gasteiger partial charge in [0.05, 0.1) is 32.6 Å². The highest BCUT2D eigenvalue weighted by Crippen LogP contribution is 2.21. The minimum atomic E-state index is -0.232. The molecule has 1 heterocycles. The first-order valence-corrected chi connectivity index (χ1v) is 8.83. The van der Waals surface area contributed by atoms with Crippen LogP contribution in [0.25, 0.3) is 5.69 Å². The van der Waals surface area contributed by atoms with Crippen LogP contribution in [0, 0.1) is 0 Å². The second-order valence-corrected chi connectivity index (χ2v) is 6.08. The molecule has 0 fully saturated rings. The average molecular weight is 381 g/mol. The molecule has 0 aliphatic carbocycles. The van der Waals surface area contributed by atoms with Crippen LogP contribution >= 0.6 is 0 Å². The van der Waals surface area contributed by atoms with Gasteiger partial charge in [-0.15, -0.1) is 0 Å². The van der Waals surface area contributed by atoms with E-state index in [9.17, 15) is 4.79 Å². The van der Waals surface area contributed by atoms with Crippen molar-refractivity contribution in [2.24, 2.45) is 0 Å². The molecule has 3 rings (SSSR count). The van der Waals surface area contributed by atoms with Crippen molar-refractivity contribution >= 4 is 5.91 Å². The molecule has 146 valence electrons. The highest BCUT2D eigenvalue weighted by atomic mass is 16.5. The summed E-state index contributed by atoms with van der Waals surface area (Å²) in [5, 5.41) is 4.40. The number of amides is 1. The highest BCUT2D eigenvalue weighted by molar-refractivity contribution is 5.94. The number of nitrogens with zero attached hydrogens (tertiary/aromatic N) is 3. The average Bonchev–Trinajstić information content (AvgIpc) is 3.18. The number of carbonyl (C=O) groups excluding carboxylic acids is 1. The Kier molecular flexibility index (Phi) is 6.16. The third-order valence-electron chi connectivity index (χ3n) is 4.23. The summed E-state index contributed by atoms with van der Waals surface area (Å²) in [6, 6.07) is 16.9. The molecule has 0 unspecified atom stereocenters. The predicted molar refractivity (Wildman–Crippen MR) is 106 cm³/mol. The number of para-hydroxylation sites is 1. The first-order chi connectivity index (χ1) is 13.6. The lowest BCUT2D eigenvalue weighted by molar-refractivity contribution is 0.0764. The van der Waals surface area contributed by atoms with Crippen LogP contribution in [0.1, 0.15) is 10.5 Å². The fourth-order valence-corrected chi connectivity index (χ4v) is 2.62. The molecular formula is C21H23N3O4. The molecule has 0 saturated carbocycles. The minimum absolute atomic E-state index is 0.232. The van der Waals surface area contributed by atoms with Gasteiger partial charge in [-0.25, -0.2) is 4.68 Å². The highest BCUT2D eigenvalue weighted by Gasteiger charge is 2.21. The molecule has 0 atom stereocenters. The van der Waals surface area contributed by atoms with Crippen LogP contribution in [0.2, 0.25) is 0 Å². The van der Waals surface area contributed by atoms with Crippen LogP contribution in [0.3, 0.4) is 0 Å². The van der Waals surface area contributed by atoms with Crippen molar-refractivity contribution in [2.45, 2.75) is 0 Å². The van der Waals surface area contributed by atoms with Gasteiger partial charge in [-0.3, -0.25) is 4.79 Å². The van der Waals surface area contributed by atoms with E-state index in [0.29, 0.717) is 24.7 Å². The lowest BCUT2D eigenvalue weighted by Crippen LogP contribution is -2.31. The monoisotopic (exact) mass is 381 g/mol. The zero-order valence-electron chi connectivity index (χ0n) is 16.2. The Balaban J connectivity index is 1.63. The Morgan fingerprint density at radius 3 is 2.32 bits per heavy atom. The van der Waals surface area contributed by atoms with Gasteiger partial charge in [-0.05, 0) is 36.4 Å². The van der Waals surface area contributed by atoms with Crippen LogP contribution in [0.4, 0.5) is 0 Å². The number of ether oxygens (including phenoxy) is 3. The molecule has 0 saturated heterocycles. The zero-order valence-corrected chi connectivity index (χ0v) is 16.2. The molecule has 0 radical (unpaired) electrons. The summed E-state index contributed by atoms with van der Waals surface area (Å²) >= 11 is 0. The zero-order chi connectivity index (χ0) is 19.9. The largest absolute Gasteiger partial charge is 0.497 e. The van der Waals surface area contributed by atoms with Gasteiger partial charge in [0, 0.05) is 7.05 Å². The quantitative estimate of drug-likeness (QED) is 0.600. The fraction of sp³-hybridized carbons (Fsp3) is 0.238. The van der Waals surface area contributed by atoms with Crippen molar-refractivity contribution < 1.29 is 19.0 Å². The topological polar surface area (TPSA) is 65.8 Å². The number of methoxy groups -OCH3 is 2. The number of carbonyl (C=O) groups is 1. The van der Waals surface area contributed by atoms with Crippen LogP contribution in [-0.2, 0) is 0 Å². The molecule has 0 N–H and O–H groups in total. The molecule has 7 nitrogen and oxygen atoms in total. The van der Waals surface area contributed by atoms with Gasteiger partial charge < -0.3 is 19.1 Å². The molecule has 7 heteroatoms. The number of aromatic nitrogens is 2. The molecule has 0 spiro atoms. The van der Waals surface area contributed by atoms with Crippen molar-refractivity contribution in [1.82, 2.24) is 14.7 Å². The fourth-order valence-electron chi connectivity index (χ4n) is 2.62. The second kappa shape index (κ2) is 8.94. The number of benzene rings is 2. The van der Waals surface area contributed by atoms with E-state index in [1.165, 1.54) is 7.11 Å². The Morgan fingerprint density at radius 2 is 1.68 bits per heavy atom. The van der Waals surface area contributed by atoms with Gasteiger partial charge in [-0.1, -0.05) is 18.2 Å². The van der Waals surface area contributed by atoms with E-state index in [1.54, 1.807) is 29.9 Å². The van der Waals surface area contributed by atoms with Gasteiger partial charge in [-0.2, -0.15) is 5.10 Å². The maximum atomic E-state index is 12.8. The Bertz CT molecular complexity index is 907. The van der Waals surface area contributed by atoms with Gasteiger partial charge in [0.15, 0.2) is 11.4 Å². The molecule has 3 aromatic rings. The number of likely N-dealkylation sites (N-methyl/N-ethyl adjacent to an activating group) is 1. The number of rotatable bonds is 8. The van der Waals surface area contributed by atoms with E-state index >= 15 is 0 Å². The van der Waals surface area contributed by atoms with Crippen LogP contribution in [0.5, 0.6) is 17.2 Å². The summed E-state index contributed by atoms with van der Waals surface area (Å²) in [7, 11) is 4.85. The molecule has 2 aromatic carbocycles. The number of hydrogen-bond acceptors (Lipinski definition) is 5. The van der Waals surface area contributed by atoms with E-state index in [0.717, 1.165) is 11.4 Å². The maximum absolute atomic E-state index is 12.8. The van der Waals surface area contributed by atoms with Gasteiger partial charge in [0.2, 0.25) is 0 Å². The standard InChI is InChI=1S/C21H23N3O4/c1-23(13-14-28-18-11-9-17(26-2)10-12-18)21(25)20-19(27-3)15-24(22-20)16-7-5-4-6-8-16/h4-12,15H,13-14H2,1-3H3. The van der Waals surface area contributed by atoms with Crippen molar-refractivity contribution in [3.63, 3.8) is 0 Å². The molecule has 0 bridgehead atoms. The van der Waals surface area contributed by atoms with E-state index in [4.69, 9.17) is 14.2 Å². The van der Waals surface area contributed by atoms with Crippen LogP contribution < -0.4 is 14.2 Å². The van der Waals surface area contributed by atoms with Gasteiger partial charge >= 0.3 is 0 Å². The lowest BCUT2D eigenvalue weighted by Gasteiger charge is -2.17. The molecule has 1 aromatic heterocycles. The first-order valence-electron chi connectivity index (χ1n) is 8.83. The molecule has 1 amide bonds. The molecular weight excluding hydrogens is 358 g/mol. The summed E-state index contributed by atoms with van der Waals surface area (Å²) < 4.78 is 17.8. The molecule has 0 aliphatic heterocycles. The van der Waals surface area contributed by atoms with E-state index in [-0.39, 0.29) is 11.6 Å². The SMILES string of the molecule is COc1ccc(OCCN(C)C(=O)c2nn(-c3ccccc3)cc2OC)cc1. The van der Waals surface area contributed by atoms with Crippen LogP contribution in [-0.4, -0.2) is 55.0 Å². The Hall–Kier alpha value is -3.48. The van der Waals surface area contributed by atoms with Crippen molar-refractivity contribution in [3.05, 3.63) is 66.5 Å². The maximum Gasteiger partial charge on any atom is 0.278 e. The van der Waals surface area contributed by atoms with Crippen molar-refractivity contribution in [2.75, 3.05) is 34.4 Å². The van der Waals surface area contributed by atoms with Crippen molar-refractivity contribution in [1.29, 1.82) is 0 Å². The smallest absolute Gasteiger partial charge is 0.278 e. The van der Waals surface area contributed by atoms with Crippen molar-refractivity contribution in [3.8, 4) is 22.9 Å². The van der Waals surface area contributed by atoms with Gasteiger partial charge in [0.1, 0.15) is 18.1 Å². The van der Waals surface area contributed by atoms with E-state index in [1.807, 2.05) is 54.6 Å². The van der Waals surface area contributed by atoms with E-state index < -0.39 is 0 Å².